The number of nitrogens with one attached hydrogen (secondary N) is 2. The number of pyridine rings is 1. The molecule has 8 heteroatoms. The molecule has 2 amide bonds. The van der Waals surface area contributed by atoms with Gasteiger partial charge in [-0.25, -0.2) is 15.3 Å². The van der Waals surface area contributed by atoms with Crippen molar-refractivity contribution in [3.8, 4) is 0 Å². The van der Waals surface area contributed by atoms with Crippen molar-refractivity contribution in [1.82, 2.24) is 10.4 Å². The number of carbonyl (C=O) groups excluding carboxylic acids is 2. The summed E-state index contributed by atoms with van der Waals surface area (Å²) in [5.74, 6) is -0.265. The Kier molecular flexibility index (Phi) is 4.71. The minimum absolute atomic E-state index is 0.0466. The molecule has 124 valence electrons. The van der Waals surface area contributed by atoms with Gasteiger partial charge in [0, 0.05) is 6.20 Å². The highest BCUT2D eigenvalue weighted by atomic mass is 35.5. The van der Waals surface area contributed by atoms with Crippen LogP contribution in [0.1, 0.15) is 12.0 Å². The number of benzene rings is 1. The molecule has 24 heavy (non-hydrogen) atoms. The molecule has 0 aliphatic carbocycles. The summed E-state index contributed by atoms with van der Waals surface area (Å²) in [5, 5.41) is 0.714. The molecule has 1 unspecified atom stereocenters. The predicted molar refractivity (Wildman–Crippen MR) is 93.1 cm³/mol. The molecule has 2 aromatic rings. The maximum absolute atomic E-state index is 12.5. The van der Waals surface area contributed by atoms with Crippen LogP contribution in [0.5, 0.6) is 0 Å². The highest BCUT2D eigenvalue weighted by Gasteiger charge is 2.39. The van der Waals surface area contributed by atoms with E-state index in [4.69, 9.17) is 23.2 Å². The zero-order valence-electron chi connectivity index (χ0n) is 12.7. The summed E-state index contributed by atoms with van der Waals surface area (Å²) in [6, 6.07) is 8.06. The molecular weight excluding hydrogens is 351 g/mol. The van der Waals surface area contributed by atoms with Crippen molar-refractivity contribution in [3.63, 3.8) is 0 Å². The van der Waals surface area contributed by atoms with Crippen LogP contribution in [0, 0.1) is 6.92 Å². The lowest BCUT2D eigenvalue weighted by molar-refractivity contribution is -0.121. The predicted octanol–water partition coefficient (Wildman–Crippen LogP) is 2.95. The lowest BCUT2D eigenvalue weighted by Crippen LogP contribution is -2.41. The number of aromatic nitrogens is 1. The van der Waals surface area contributed by atoms with Gasteiger partial charge in [0.15, 0.2) is 5.82 Å². The highest BCUT2D eigenvalue weighted by molar-refractivity contribution is 6.36. The van der Waals surface area contributed by atoms with Gasteiger partial charge in [-0.1, -0.05) is 35.3 Å². The van der Waals surface area contributed by atoms with E-state index in [2.05, 4.69) is 15.8 Å². The van der Waals surface area contributed by atoms with Crippen LogP contribution >= 0.6 is 23.2 Å². The van der Waals surface area contributed by atoms with Crippen molar-refractivity contribution < 1.29 is 9.59 Å². The number of nitrogens with zero attached hydrogens (tertiary/aromatic N) is 2. The number of anilines is 2. The van der Waals surface area contributed by atoms with E-state index >= 15 is 0 Å². The second-order valence-corrected chi connectivity index (χ2v) is 6.26. The van der Waals surface area contributed by atoms with Gasteiger partial charge in [-0.05, 0) is 30.7 Å². The molecule has 1 aromatic carbocycles. The lowest BCUT2D eigenvalue weighted by Gasteiger charge is -2.16. The molecule has 1 aliphatic rings. The van der Waals surface area contributed by atoms with E-state index < -0.39 is 6.04 Å². The van der Waals surface area contributed by atoms with Crippen molar-refractivity contribution in [2.75, 3.05) is 10.3 Å². The summed E-state index contributed by atoms with van der Waals surface area (Å²) >= 11 is 11.8. The molecule has 0 saturated carbocycles. The third-order valence-electron chi connectivity index (χ3n) is 3.58. The minimum atomic E-state index is -0.702. The van der Waals surface area contributed by atoms with Crippen LogP contribution in [-0.2, 0) is 9.59 Å². The molecular formula is C16H14Cl2N4O2. The Morgan fingerprint density at radius 2 is 2.04 bits per heavy atom. The Labute approximate surface area is 148 Å². The van der Waals surface area contributed by atoms with Gasteiger partial charge >= 0.3 is 0 Å². The van der Waals surface area contributed by atoms with E-state index in [1.807, 2.05) is 19.1 Å². The molecule has 1 atom stereocenters. The van der Waals surface area contributed by atoms with E-state index in [-0.39, 0.29) is 18.2 Å². The molecule has 2 N–H and O–H groups in total. The third-order valence-corrected chi connectivity index (χ3v) is 4.07. The Morgan fingerprint density at radius 1 is 1.25 bits per heavy atom. The molecule has 1 saturated heterocycles. The molecule has 0 bridgehead atoms. The van der Waals surface area contributed by atoms with Crippen molar-refractivity contribution >= 4 is 46.5 Å². The molecule has 0 radical (unpaired) electrons. The van der Waals surface area contributed by atoms with Crippen molar-refractivity contribution in [1.29, 1.82) is 0 Å². The Bertz CT molecular complexity index is 812. The molecule has 3 rings (SSSR count). The second kappa shape index (κ2) is 6.76. The van der Waals surface area contributed by atoms with Crippen LogP contribution < -0.4 is 15.8 Å². The van der Waals surface area contributed by atoms with Crippen LogP contribution in [-0.4, -0.2) is 22.8 Å². The molecule has 1 fully saturated rings. The van der Waals surface area contributed by atoms with Gasteiger partial charge in [-0.15, -0.1) is 0 Å². The van der Waals surface area contributed by atoms with Crippen molar-refractivity contribution in [2.24, 2.45) is 0 Å². The van der Waals surface area contributed by atoms with Gasteiger partial charge in [-0.2, -0.15) is 0 Å². The molecule has 2 heterocycles. The third kappa shape index (κ3) is 3.36. The number of rotatable bonds is 4. The van der Waals surface area contributed by atoms with Gasteiger partial charge in [0.05, 0.1) is 22.2 Å². The number of amides is 2. The van der Waals surface area contributed by atoms with Crippen molar-refractivity contribution in [3.05, 3.63) is 52.1 Å². The maximum atomic E-state index is 12.5. The van der Waals surface area contributed by atoms with Crippen LogP contribution in [0.25, 0.3) is 0 Å². The number of imide groups is 1. The van der Waals surface area contributed by atoms with Gasteiger partial charge in [-0.3, -0.25) is 9.59 Å². The average Bonchev–Trinajstić information content (AvgIpc) is 2.80. The molecule has 6 nitrogen and oxygen atoms in total. The fourth-order valence-corrected chi connectivity index (χ4v) is 2.87. The van der Waals surface area contributed by atoms with Crippen LogP contribution in [0.2, 0.25) is 10.0 Å². The summed E-state index contributed by atoms with van der Waals surface area (Å²) in [4.78, 5) is 29.9. The van der Waals surface area contributed by atoms with Gasteiger partial charge in [0.1, 0.15) is 6.04 Å². The fourth-order valence-electron chi connectivity index (χ4n) is 2.45. The second-order valence-electron chi connectivity index (χ2n) is 5.42. The van der Waals surface area contributed by atoms with Crippen LogP contribution in [0.3, 0.4) is 0 Å². The zero-order chi connectivity index (χ0) is 17.3. The number of aryl methyl sites for hydroxylation is 1. The average molecular weight is 365 g/mol. The largest absolute Gasteiger partial charge is 0.304 e. The first-order valence-electron chi connectivity index (χ1n) is 7.22. The summed E-state index contributed by atoms with van der Waals surface area (Å²) in [7, 11) is 0. The maximum Gasteiger partial charge on any atom is 0.253 e. The van der Waals surface area contributed by atoms with E-state index in [0.717, 1.165) is 5.56 Å². The smallest absolute Gasteiger partial charge is 0.253 e. The van der Waals surface area contributed by atoms with Crippen LogP contribution in [0.4, 0.5) is 11.5 Å². The topological polar surface area (TPSA) is 74.3 Å². The normalized spacial score (nSPS) is 17.5. The van der Waals surface area contributed by atoms with Gasteiger partial charge in [0.25, 0.3) is 5.91 Å². The first-order chi connectivity index (χ1) is 11.5. The lowest BCUT2D eigenvalue weighted by atomic mass is 10.2. The zero-order valence-corrected chi connectivity index (χ0v) is 14.2. The Hall–Kier alpha value is -2.15. The summed E-state index contributed by atoms with van der Waals surface area (Å²) in [5.41, 5.74) is 7.10. The minimum Gasteiger partial charge on any atom is -0.304 e. The summed E-state index contributed by atoms with van der Waals surface area (Å²) in [6.45, 7) is 1.90. The van der Waals surface area contributed by atoms with E-state index in [9.17, 15) is 9.59 Å². The summed E-state index contributed by atoms with van der Waals surface area (Å²) < 4.78 is 0. The molecule has 0 spiro atoms. The van der Waals surface area contributed by atoms with E-state index in [1.54, 1.807) is 12.1 Å². The first-order valence-corrected chi connectivity index (χ1v) is 7.97. The SMILES string of the molecule is Cc1cccc(N2C(=O)CC(NNc3ncc(Cl)cc3Cl)C2=O)c1. The van der Waals surface area contributed by atoms with Gasteiger partial charge in [0.2, 0.25) is 5.91 Å². The van der Waals surface area contributed by atoms with E-state index in [0.29, 0.717) is 21.6 Å². The van der Waals surface area contributed by atoms with Crippen molar-refractivity contribution in [2.45, 2.75) is 19.4 Å². The standard InChI is InChI=1S/C16H14Cl2N4O2/c1-9-3-2-4-11(5-9)22-14(23)7-13(16(22)24)20-21-15-12(18)6-10(17)8-19-15/h2-6,8,13,20H,7H2,1H3,(H,19,21). The van der Waals surface area contributed by atoms with Crippen LogP contribution in [0.15, 0.2) is 36.5 Å². The number of halogens is 2. The van der Waals surface area contributed by atoms with Gasteiger partial charge < -0.3 is 5.43 Å². The Balaban J connectivity index is 1.72. The van der Waals surface area contributed by atoms with E-state index in [1.165, 1.54) is 17.2 Å². The molecule has 1 aliphatic heterocycles. The quantitative estimate of drug-likeness (QED) is 0.644. The fraction of sp³-hybridized carbons (Fsp3) is 0.188. The molecule has 1 aromatic heterocycles. The number of hydrogen-bond acceptors (Lipinski definition) is 5. The Morgan fingerprint density at radius 3 is 2.75 bits per heavy atom. The first kappa shape index (κ1) is 16.7. The number of hydrogen-bond donors (Lipinski definition) is 2. The summed E-state index contributed by atoms with van der Waals surface area (Å²) in [6.07, 6.45) is 1.48. The number of carbonyl (C=O) groups is 2. The monoisotopic (exact) mass is 364 g/mol. The number of hydrazine groups is 1. The highest BCUT2D eigenvalue weighted by Crippen LogP contribution is 2.25.